The summed E-state index contributed by atoms with van der Waals surface area (Å²) >= 11 is 0. The van der Waals surface area contributed by atoms with E-state index >= 15 is 0 Å². The Bertz CT molecular complexity index is 392. The number of aryl methyl sites for hydroxylation is 1. The maximum Gasteiger partial charge on any atom is 0.370 e. The molecule has 0 saturated carbocycles. The van der Waals surface area contributed by atoms with Crippen molar-refractivity contribution in [3.05, 3.63) is 29.8 Å². The lowest BCUT2D eigenvalue weighted by molar-refractivity contribution is 0.395. The second-order valence-electron chi connectivity index (χ2n) is 3.72. The van der Waals surface area contributed by atoms with Gasteiger partial charge in [-0.2, -0.15) is 0 Å². The van der Waals surface area contributed by atoms with Crippen LogP contribution in [0.25, 0.3) is 0 Å². The molecule has 2 N–H and O–H groups in total. The average molecular weight is 262 g/mol. The third-order valence-electron chi connectivity index (χ3n) is 2.87. The predicted molar refractivity (Wildman–Crippen MR) is 70.2 cm³/mol. The van der Waals surface area contributed by atoms with Gasteiger partial charge in [0.2, 0.25) is 0 Å². The minimum atomic E-state index is -4.06. The van der Waals surface area contributed by atoms with E-state index in [1.165, 1.54) is 0 Å². The molecule has 1 rings (SSSR count). The molecule has 0 radical (unpaired) electrons. The molecule has 0 fully saturated rings. The van der Waals surface area contributed by atoms with Gasteiger partial charge in [-0.15, -0.1) is 9.65 Å². The maximum absolute atomic E-state index is 11.7. The van der Waals surface area contributed by atoms with Crippen LogP contribution in [0.5, 0.6) is 0 Å². The lowest BCUT2D eigenvalue weighted by Gasteiger charge is -2.38. The van der Waals surface area contributed by atoms with Gasteiger partial charge in [-0.1, -0.05) is 31.5 Å². The fourth-order valence-electron chi connectivity index (χ4n) is 1.80. The lowest BCUT2D eigenvalue weighted by Crippen LogP contribution is -2.07. The molecule has 16 heavy (non-hydrogen) atoms. The molecule has 0 amide bonds. The van der Waals surface area contributed by atoms with Crippen molar-refractivity contribution in [1.82, 2.24) is 0 Å². The van der Waals surface area contributed by atoms with Crippen LogP contribution in [-0.4, -0.2) is 21.3 Å². The second kappa shape index (κ2) is 4.92. The Morgan fingerprint density at radius 3 is 1.88 bits per heavy atom. The first-order valence-corrected chi connectivity index (χ1v) is 9.47. The van der Waals surface area contributed by atoms with E-state index in [4.69, 9.17) is 0 Å². The largest absolute Gasteiger partial charge is 0.370 e. The minimum Gasteiger partial charge on any atom is -0.317 e. The van der Waals surface area contributed by atoms with E-state index in [0.717, 1.165) is 10.5 Å². The number of rotatable bonds is 4. The Kier molecular flexibility index (Phi) is 4.24. The highest BCUT2D eigenvalue weighted by atomic mass is 32.8. The topological polar surface area (TPSA) is 57.5 Å². The van der Waals surface area contributed by atoms with Crippen LogP contribution in [0.1, 0.15) is 19.4 Å². The van der Waals surface area contributed by atoms with Crippen LogP contribution in [-0.2, 0) is 4.57 Å². The summed E-state index contributed by atoms with van der Waals surface area (Å²) < 4.78 is 11.7. The van der Waals surface area contributed by atoms with Gasteiger partial charge in [0.15, 0.2) is 0 Å². The average Bonchev–Trinajstić information content (AvgIpc) is 2.21. The zero-order valence-electron chi connectivity index (χ0n) is 9.88. The van der Waals surface area contributed by atoms with Crippen molar-refractivity contribution in [3.8, 4) is 0 Å². The van der Waals surface area contributed by atoms with Crippen molar-refractivity contribution in [2.75, 3.05) is 11.5 Å². The van der Waals surface area contributed by atoms with E-state index in [1.54, 1.807) is 0 Å². The molecule has 1 aromatic rings. The van der Waals surface area contributed by atoms with E-state index < -0.39 is 16.4 Å². The van der Waals surface area contributed by atoms with Crippen LogP contribution in [0.3, 0.4) is 0 Å². The van der Waals surface area contributed by atoms with E-state index in [0.29, 0.717) is 11.5 Å². The van der Waals surface area contributed by atoms with Gasteiger partial charge >= 0.3 is 6.80 Å². The Morgan fingerprint density at radius 1 is 1.12 bits per heavy atom. The van der Waals surface area contributed by atoms with Crippen LogP contribution in [0.15, 0.2) is 29.2 Å². The molecular formula is C11H19O3PS. The van der Waals surface area contributed by atoms with Gasteiger partial charge in [0.25, 0.3) is 0 Å². The molecular weight excluding hydrogens is 243 g/mol. The first-order chi connectivity index (χ1) is 7.37. The lowest BCUT2D eigenvalue weighted by atomic mass is 10.2. The van der Waals surface area contributed by atoms with Crippen molar-refractivity contribution in [3.63, 3.8) is 0 Å². The third kappa shape index (κ3) is 2.35. The molecule has 0 aliphatic heterocycles. The molecule has 0 unspecified atom stereocenters. The SMILES string of the molecule is CCS(CC)(c1ccc(C)cc1)P(=O)(O)O. The van der Waals surface area contributed by atoms with Gasteiger partial charge in [-0.25, -0.2) is 4.57 Å². The summed E-state index contributed by atoms with van der Waals surface area (Å²) in [6.07, 6.45) is 0. The molecule has 0 aliphatic rings. The zero-order valence-corrected chi connectivity index (χ0v) is 11.6. The molecule has 5 heteroatoms. The Balaban J connectivity index is 3.32. The molecule has 0 heterocycles. The van der Waals surface area contributed by atoms with E-state index in [9.17, 15) is 14.4 Å². The van der Waals surface area contributed by atoms with Gasteiger partial charge in [-0.3, -0.25) is 0 Å². The molecule has 0 bridgehead atoms. The fraction of sp³-hybridized carbons (Fsp3) is 0.455. The van der Waals surface area contributed by atoms with E-state index in [-0.39, 0.29) is 0 Å². The van der Waals surface area contributed by atoms with Gasteiger partial charge in [0.05, 0.1) is 0 Å². The summed E-state index contributed by atoms with van der Waals surface area (Å²) in [4.78, 5) is 20.0. The molecule has 0 aromatic heterocycles. The van der Waals surface area contributed by atoms with Crippen molar-refractivity contribution in [1.29, 1.82) is 0 Å². The third-order valence-corrected chi connectivity index (χ3v) is 11.8. The molecule has 0 spiro atoms. The van der Waals surface area contributed by atoms with Gasteiger partial charge in [0, 0.05) is 4.90 Å². The van der Waals surface area contributed by atoms with Crippen molar-refractivity contribution in [2.24, 2.45) is 0 Å². The highest BCUT2D eigenvalue weighted by Gasteiger charge is 2.39. The quantitative estimate of drug-likeness (QED) is 0.819. The summed E-state index contributed by atoms with van der Waals surface area (Å²) in [5, 5.41) is 0. The van der Waals surface area contributed by atoms with Crippen LogP contribution >= 0.6 is 16.4 Å². The van der Waals surface area contributed by atoms with Crippen molar-refractivity contribution in [2.45, 2.75) is 25.7 Å². The van der Waals surface area contributed by atoms with Crippen LogP contribution in [0, 0.1) is 6.92 Å². The standard InChI is InChI=1S/C11H19O3PS/c1-4-16(5-2,15(12,13)14)11-8-6-10(3)7-9-11/h6-9H,4-5H2,1-3H3,(H2,12,13,14). The minimum absolute atomic E-state index is 0.525. The van der Waals surface area contributed by atoms with Crippen molar-refractivity contribution >= 4 is 16.4 Å². The maximum atomic E-state index is 11.7. The molecule has 92 valence electrons. The van der Waals surface area contributed by atoms with Gasteiger partial charge in [-0.05, 0) is 30.6 Å². The summed E-state index contributed by atoms with van der Waals surface area (Å²) in [5.74, 6) is 1.05. The van der Waals surface area contributed by atoms with Gasteiger partial charge in [0.1, 0.15) is 0 Å². The molecule has 1 aromatic carbocycles. The molecule has 0 saturated heterocycles. The Labute approximate surface area is 98.1 Å². The van der Waals surface area contributed by atoms with Crippen LogP contribution in [0.4, 0.5) is 0 Å². The summed E-state index contributed by atoms with van der Waals surface area (Å²) in [5.41, 5.74) is 1.11. The normalized spacial score (nSPS) is 13.8. The Morgan fingerprint density at radius 2 is 1.56 bits per heavy atom. The highest BCUT2D eigenvalue weighted by Crippen LogP contribution is 2.80. The molecule has 0 atom stereocenters. The van der Waals surface area contributed by atoms with E-state index in [2.05, 4.69) is 0 Å². The van der Waals surface area contributed by atoms with E-state index in [1.807, 2.05) is 45.0 Å². The zero-order chi connectivity index (χ0) is 12.4. The Hall–Kier alpha value is -0.280. The molecule has 0 aliphatic carbocycles. The summed E-state index contributed by atoms with van der Waals surface area (Å²) in [6.45, 7) is 1.63. The monoisotopic (exact) mass is 262 g/mol. The number of hydrogen-bond acceptors (Lipinski definition) is 1. The number of benzene rings is 1. The second-order valence-corrected chi connectivity index (χ2v) is 11.5. The van der Waals surface area contributed by atoms with Gasteiger partial charge < -0.3 is 9.79 Å². The van der Waals surface area contributed by atoms with Crippen LogP contribution in [0.2, 0.25) is 0 Å². The predicted octanol–water partition coefficient (Wildman–Crippen LogP) is 3.29. The smallest absolute Gasteiger partial charge is 0.317 e. The highest BCUT2D eigenvalue weighted by molar-refractivity contribution is 8.76. The van der Waals surface area contributed by atoms with Crippen molar-refractivity contribution < 1.29 is 14.4 Å². The summed E-state index contributed by atoms with van der Waals surface area (Å²) in [6, 6.07) is 7.55. The summed E-state index contributed by atoms with van der Waals surface area (Å²) in [7, 11) is -2.02. The first-order valence-electron chi connectivity index (χ1n) is 5.28. The first kappa shape index (κ1) is 13.8. The molecule has 3 nitrogen and oxygen atoms in total. The van der Waals surface area contributed by atoms with Crippen LogP contribution < -0.4 is 0 Å². The fourth-order valence-corrected chi connectivity index (χ4v) is 7.67. The number of hydrogen-bond donors (Lipinski definition) is 2.